The quantitative estimate of drug-likeness (QED) is 0.795. The molecule has 24 heavy (non-hydrogen) atoms. The van der Waals surface area contributed by atoms with E-state index in [1.54, 1.807) is 0 Å². The fourth-order valence-corrected chi connectivity index (χ4v) is 2.18. The van der Waals surface area contributed by atoms with E-state index >= 15 is 0 Å². The maximum Gasteiger partial charge on any atom is 0.361 e. The Morgan fingerprint density at radius 1 is 1.38 bits per heavy atom. The minimum atomic E-state index is -2.70. The standard InChI is InChI=1S/C14H14ClF2NO6/c15-10-3-8(1-2-9(10)12(16)17)22-6-11(19)18-7-4-23-14(13(20)21)24-5-7/h1-3,7,12,14H,4-6H2,(H,18,19)(H,20,21)/t7-,14-. The number of carbonyl (C=O) groups excluding carboxylic acids is 1. The van der Waals surface area contributed by atoms with Gasteiger partial charge in [-0.3, -0.25) is 4.79 Å². The van der Waals surface area contributed by atoms with Gasteiger partial charge in [-0.2, -0.15) is 0 Å². The molecule has 1 heterocycles. The lowest BCUT2D eigenvalue weighted by atomic mass is 10.2. The zero-order valence-electron chi connectivity index (χ0n) is 12.2. The van der Waals surface area contributed by atoms with Crippen LogP contribution in [0.1, 0.15) is 12.0 Å². The van der Waals surface area contributed by atoms with Crippen molar-refractivity contribution in [3.63, 3.8) is 0 Å². The molecule has 1 fully saturated rings. The molecule has 7 nitrogen and oxygen atoms in total. The van der Waals surface area contributed by atoms with Crippen molar-refractivity contribution in [1.82, 2.24) is 5.32 Å². The van der Waals surface area contributed by atoms with Gasteiger partial charge in [-0.25, -0.2) is 13.6 Å². The van der Waals surface area contributed by atoms with Crippen LogP contribution in [0.4, 0.5) is 8.78 Å². The number of alkyl halides is 2. The van der Waals surface area contributed by atoms with Crippen LogP contribution in [-0.2, 0) is 19.1 Å². The minimum absolute atomic E-state index is 0.0162. The lowest BCUT2D eigenvalue weighted by molar-refractivity contribution is -0.211. The zero-order chi connectivity index (χ0) is 17.7. The second-order valence-corrected chi connectivity index (χ2v) is 5.28. The Bertz CT molecular complexity index is 607. The van der Waals surface area contributed by atoms with E-state index in [1.165, 1.54) is 12.1 Å². The molecule has 1 saturated heterocycles. The number of carboxylic acids is 1. The van der Waals surface area contributed by atoms with E-state index in [0.717, 1.165) is 6.07 Å². The number of aliphatic carboxylic acids is 1. The largest absolute Gasteiger partial charge is 0.484 e. The molecule has 0 spiro atoms. The van der Waals surface area contributed by atoms with Gasteiger partial charge in [0.1, 0.15) is 5.75 Å². The van der Waals surface area contributed by atoms with E-state index < -0.39 is 30.6 Å². The van der Waals surface area contributed by atoms with Crippen LogP contribution >= 0.6 is 11.6 Å². The van der Waals surface area contributed by atoms with Crippen molar-refractivity contribution >= 4 is 23.5 Å². The second kappa shape index (κ2) is 8.22. The van der Waals surface area contributed by atoms with Crippen LogP contribution in [0.15, 0.2) is 18.2 Å². The first-order valence-electron chi connectivity index (χ1n) is 6.82. The van der Waals surface area contributed by atoms with Crippen molar-refractivity contribution in [2.45, 2.75) is 18.8 Å². The van der Waals surface area contributed by atoms with E-state index in [-0.39, 0.29) is 36.2 Å². The van der Waals surface area contributed by atoms with Gasteiger partial charge in [0.05, 0.1) is 24.3 Å². The molecular formula is C14H14ClF2NO6. The first-order valence-corrected chi connectivity index (χ1v) is 7.20. The number of nitrogens with one attached hydrogen (secondary N) is 1. The van der Waals surface area contributed by atoms with Crippen LogP contribution < -0.4 is 10.1 Å². The highest BCUT2D eigenvalue weighted by atomic mass is 35.5. The molecule has 1 aliphatic rings. The van der Waals surface area contributed by atoms with Gasteiger partial charge in [-0.05, 0) is 18.2 Å². The third-order valence-electron chi connectivity index (χ3n) is 3.04. The van der Waals surface area contributed by atoms with Gasteiger partial charge in [0.25, 0.3) is 18.6 Å². The van der Waals surface area contributed by atoms with Gasteiger partial charge in [-0.1, -0.05) is 11.6 Å². The number of ether oxygens (including phenoxy) is 3. The number of rotatable bonds is 6. The zero-order valence-corrected chi connectivity index (χ0v) is 13.0. The van der Waals surface area contributed by atoms with Crippen LogP contribution in [0.25, 0.3) is 0 Å². The van der Waals surface area contributed by atoms with Crippen molar-refractivity contribution < 1.29 is 37.7 Å². The Morgan fingerprint density at radius 3 is 2.58 bits per heavy atom. The summed E-state index contributed by atoms with van der Waals surface area (Å²) in [5, 5.41) is 11.1. The summed E-state index contributed by atoms with van der Waals surface area (Å²) < 4.78 is 40.1. The topological polar surface area (TPSA) is 94.1 Å². The van der Waals surface area contributed by atoms with E-state index in [1.807, 2.05) is 0 Å². The van der Waals surface area contributed by atoms with Crippen molar-refractivity contribution in [3.8, 4) is 5.75 Å². The monoisotopic (exact) mass is 365 g/mol. The molecule has 1 aromatic carbocycles. The molecule has 2 rings (SSSR count). The van der Waals surface area contributed by atoms with Crippen LogP contribution in [0.5, 0.6) is 5.75 Å². The Hall–Kier alpha value is -1.97. The van der Waals surface area contributed by atoms with Crippen LogP contribution in [0, 0.1) is 0 Å². The summed E-state index contributed by atoms with van der Waals surface area (Å²) in [5.74, 6) is -1.58. The Kier molecular flexibility index (Phi) is 6.29. The SMILES string of the molecule is O=C(COc1ccc(C(F)F)c(Cl)c1)N[C@H]1CO[C@H](C(=O)O)OC1. The molecule has 132 valence electrons. The van der Waals surface area contributed by atoms with E-state index in [0.29, 0.717) is 0 Å². The van der Waals surface area contributed by atoms with Gasteiger partial charge in [0, 0.05) is 5.56 Å². The summed E-state index contributed by atoms with van der Waals surface area (Å²) in [4.78, 5) is 22.4. The van der Waals surface area contributed by atoms with Crippen LogP contribution in [0.2, 0.25) is 5.02 Å². The molecule has 0 aromatic heterocycles. The highest BCUT2D eigenvalue weighted by Crippen LogP contribution is 2.30. The molecule has 0 unspecified atom stereocenters. The number of carboxylic acid groups (broad SMARTS) is 1. The molecule has 0 atom stereocenters. The van der Waals surface area contributed by atoms with Crippen molar-refractivity contribution in [2.75, 3.05) is 19.8 Å². The fourth-order valence-electron chi connectivity index (χ4n) is 1.92. The summed E-state index contributed by atoms with van der Waals surface area (Å²) in [7, 11) is 0. The molecular weight excluding hydrogens is 352 g/mol. The van der Waals surface area contributed by atoms with Gasteiger partial charge in [0.15, 0.2) is 6.61 Å². The highest BCUT2D eigenvalue weighted by molar-refractivity contribution is 6.31. The summed E-state index contributed by atoms with van der Waals surface area (Å²) in [6.07, 6.45) is -4.04. The van der Waals surface area contributed by atoms with Crippen molar-refractivity contribution in [2.24, 2.45) is 0 Å². The predicted molar refractivity (Wildman–Crippen MR) is 77.2 cm³/mol. The maximum atomic E-state index is 12.6. The molecule has 1 aliphatic heterocycles. The number of carbonyl (C=O) groups is 2. The van der Waals surface area contributed by atoms with Crippen molar-refractivity contribution in [3.05, 3.63) is 28.8 Å². The van der Waals surface area contributed by atoms with Crippen LogP contribution in [-0.4, -0.2) is 49.1 Å². The van der Waals surface area contributed by atoms with E-state index in [9.17, 15) is 18.4 Å². The molecule has 0 radical (unpaired) electrons. The van der Waals surface area contributed by atoms with Gasteiger partial charge in [0.2, 0.25) is 0 Å². The minimum Gasteiger partial charge on any atom is -0.484 e. The molecule has 0 aliphatic carbocycles. The smallest absolute Gasteiger partial charge is 0.361 e. The maximum absolute atomic E-state index is 12.6. The number of halogens is 3. The molecule has 10 heteroatoms. The lowest BCUT2D eigenvalue weighted by Crippen LogP contribution is -2.49. The Morgan fingerprint density at radius 2 is 2.04 bits per heavy atom. The Labute approximate surface area is 140 Å². The number of benzene rings is 1. The second-order valence-electron chi connectivity index (χ2n) is 4.87. The molecule has 0 bridgehead atoms. The first kappa shape index (κ1) is 18.4. The van der Waals surface area contributed by atoms with Crippen LogP contribution in [0.3, 0.4) is 0 Å². The summed E-state index contributed by atoms with van der Waals surface area (Å²) in [6, 6.07) is 3.09. The molecule has 2 N–H and O–H groups in total. The molecule has 1 amide bonds. The molecule has 0 saturated carbocycles. The third-order valence-corrected chi connectivity index (χ3v) is 3.37. The number of hydrogen-bond acceptors (Lipinski definition) is 5. The van der Waals surface area contributed by atoms with Crippen molar-refractivity contribution in [1.29, 1.82) is 0 Å². The highest BCUT2D eigenvalue weighted by Gasteiger charge is 2.28. The summed E-state index contributed by atoms with van der Waals surface area (Å²) >= 11 is 5.69. The van der Waals surface area contributed by atoms with Gasteiger partial charge >= 0.3 is 5.97 Å². The van der Waals surface area contributed by atoms with Gasteiger partial charge in [-0.15, -0.1) is 0 Å². The summed E-state index contributed by atoms with van der Waals surface area (Å²) in [6.45, 7) is -0.404. The third kappa shape index (κ3) is 5.02. The average molecular weight is 366 g/mol. The predicted octanol–water partition coefficient (Wildman–Crippen LogP) is 1.60. The van der Waals surface area contributed by atoms with E-state index in [2.05, 4.69) is 5.32 Å². The Balaban J connectivity index is 1.77. The number of hydrogen-bond donors (Lipinski definition) is 2. The summed E-state index contributed by atoms with van der Waals surface area (Å²) in [5.41, 5.74) is -0.321. The normalized spacial score (nSPS) is 20.7. The van der Waals surface area contributed by atoms with E-state index in [4.69, 9.17) is 30.9 Å². The first-order chi connectivity index (χ1) is 11.4. The van der Waals surface area contributed by atoms with Gasteiger partial charge < -0.3 is 24.6 Å². The number of amides is 1. The molecule has 1 aromatic rings. The lowest BCUT2D eigenvalue weighted by Gasteiger charge is -2.27. The average Bonchev–Trinajstić information content (AvgIpc) is 2.53. The fraction of sp³-hybridized carbons (Fsp3) is 0.429.